The Labute approximate surface area is 205 Å². The van der Waals surface area contributed by atoms with Crippen LogP contribution in [0.4, 0.5) is 5.69 Å². The third-order valence-electron chi connectivity index (χ3n) is 6.20. The van der Waals surface area contributed by atoms with E-state index in [0.29, 0.717) is 18.0 Å². The van der Waals surface area contributed by atoms with Crippen LogP contribution in [0.25, 0.3) is 23.0 Å². The van der Waals surface area contributed by atoms with Gasteiger partial charge in [0.25, 0.3) is 5.91 Å². The molecule has 1 aromatic heterocycles. The predicted octanol–water partition coefficient (Wildman–Crippen LogP) is 5.55. The Bertz CT molecular complexity index is 1380. The van der Waals surface area contributed by atoms with Crippen LogP contribution in [0, 0.1) is 0 Å². The molecule has 5 rings (SSSR count). The average molecular weight is 466 g/mol. The number of benzene rings is 3. The number of methoxy groups -OCH3 is 2. The molecule has 6 heteroatoms. The van der Waals surface area contributed by atoms with E-state index in [2.05, 4.69) is 6.07 Å². The van der Waals surface area contributed by atoms with Gasteiger partial charge in [-0.3, -0.25) is 4.79 Å². The van der Waals surface area contributed by atoms with Gasteiger partial charge in [-0.05, 0) is 60.9 Å². The lowest BCUT2D eigenvalue weighted by Crippen LogP contribution is -2.34. The second-order valence-electron chi connectivity index (χ2n) is 8.34. The minimum atomic E-state index is -0.0390. The van der Waals surface area contributed by atoms with Crippen LogP contribution < -0.4 is 14.4 Å². The molecule has 0 spiro atoms. The smallest absolute Gasteiger partial charge is 0.250 e. The number of anilines is 1. The van der Waals surface area contributed by atoms with Gasteiger partial charge in [0.15, 0.2) is 11.5 Å². The zero-order valence-corrected chi connectivity index (χ0v) is 19.8. The number of aryl methyl sites for hydroxylation is 1. The van der Waals surface area contributed by atoms with E-state index in [1.54, 1.807) is 20.3 Å². The molecule has 0 radical (unpaired) electrons. The summed E-state index contributed by atoms with van der Waals surface area (Å²) >= 11 is 0. The maximum absolute atomic E-state index is 13.2. The Kier molecular flexibility index (Phi) is 6.35. The Balaban J connectivity index is 1.52. The van der Waals surface area contributed by atoms with Crippen molar-refractivity contribution in [2.75, 3.05) is 25.7 Å². The van der Waals surface area contributed by atoms with E-state index in [0.717, 1.165) is 41.0 Å². The molecule has 0 bridgehead atoms. The van der Waals surface area contributed by atoms with Crippen molar-refractivity contribution in [3.63, 3.8) is 0 Å². The molecule has 0 fully saturated rings. The van der Waals surface area contributed by atoms with Crippen molar-refractivity contribution >= 4 is 17.7 Å². The highest BCUT2D eigenvalue weighted by molar-refractivity contribution is 6.05. The number of rotatable bonds is 6. The van der Waals surface area contributed by atoms with Crippen LogP contribution in [0.3, 0.4) is 0 Å². The number of para-hydroxylation sites is 2. The van der Waals surface area contributed by atoms with Crippen LogP contribution in [0.1, 0.15) is 17.5 Å². The van der Waals surface area contributed by atoms with E-state index in [1.807, 2.05) is 88.6 Å². The molecule has 176 valence electrons. The summed E-state index contributed by atoms with van der Waals surface area (Å²) in [7, 11) is 3.22. The number of hydrogen-bond acceptors (Lipinski definition) is 4. The van der Waals surface area contributed by atoms with Gasteiger partial charge in [-0.15, -0.1) is 0 Å². The number of carbonyl (C=O) groups excluding carboxylic acids is 1. The Morgan fingerprint density at radius 1 is 0.943 bits per heavy atom. The van der Waals surface area contributed by atoms with E-state index in [4.69, 9.17) is 14.6 Å². The standard InChI is InChI=1S/C29H27N3O3/c1-34-26-16-14-22(19-27(26)35-2)29-23(20-32(30-29)24-11-4-3-5-12-24)15-17-28(33)31-18-8-10-21-9-6-7-13-25(21)31/h3-7,9,11-17,19-20H,8,10,18H2,1-2H3/b17-15+. The molecule has 0 N–H and O–H groups in total. The SMILES string of the molecule is COc1ccc(-c2nn(-c3ccccc3)cc2/C=C/C(=O)N2CCCc3ccccc32)cc1OC. The van der Waals surface area contributed by atoms with Gasteiger partial charge in [-0.2, -0.15) is 5.10 Å². The van der Waals surface area contributed by atoms with Gasteiger partial charge in [0.05, 0.1) is 19.9 Å². The van der Waals surface area contributed by atoms with Crippen LogP contribution in [-0.2, 0) is 11.2 Å². The summed E-state index contributed by atoms with van der Waals surface area (Å²) < 4.78 is 12.7. The van der Waals surface area contributed by atoms with Crippen molar-refractivity contribution in [1.29, 1.82) is 0 Å². The molecule has 2 heterocycles. The molecular weight excluding hydrogens is 438 g/mol. The van der Waals surface area contributed by atoms with Crippen molar-refractivity contribution in [3.05, 3.63) is 96.2 Å². The Hall–Kier alpha value is -4.32. The molecule has 1 aliphatic heterocycles. The van der Waals surface area contributed by atoms with E-state index < -0.39 is 0 Å². The summed E-state index contributed by atoms with van der Waals surface area (Å²) in [5.74, 6) is 1.23. The molecule has 6 nitrogen and oxygen atoms in total. The maximum Gasteiger partial charge on any atom is 0.250 e. The number of ether oxygens (including phenoxy) is 2. The summed E-state index contributed by atoms with van der Waals surface area (Å²) in [5.41, 5.74) is 5.59. The molecule has 4 aromatic rings. The first-order valence-electron chi connectivity index (χ1n) is 11.6. The maximum atomic E-state index is 13.2. The lowest BCUT2D eigenvalue weighted by atomic mass is 10.0. The Morgan fingerprint density at radius 3 is 2.51 bits per heavy atom. The fourth-order valence-electron chi connectivity index (χ4n) is 4.44. The van der Waals surface area contributed by atoms with Gasteiger partial charge >= 0.3 is 0 Å². The largest absolute Gasteiger partial charge is 0.493 e. The van der Waals surface area contributed by atoms with E-state index >= 15 is 0 Å². The molecule has 35 heavy (non-hydrogen) atoms. The first-order valence-corrected chi connectivity index (χ1v) is 11.6. The van der Waals surface area contributed by atoms with Crippen LogP contribution in [0.2, 0.25) is 0 Å². The van der Waals surface area contributed by atoms with Crippen LogP contribution in [0.5, 0.6) is 11.5 Å². The normalized spacial score (nSPS) is 13.0. The van der Waals surface area contributed by atoms with Gasteiger partial charge < -0.3 is 14.4 Å². The van der Waals surface area contributed by atoms with Gasteiger partial charge in [0.2, 0.25) is 0 Å². The minimum absolute atomic E-state index is 0.0390. The molecule has 0 unspecified atom stereocenters. The predicted molar refractivity (Wildman–Crippen MR) is 138 cm³/mol. The number of amides is 1. The van der Waals surface area contributed by atoms with Crippen LogP contribution >= 0.6 is 0 Å². The average Bonchev–Trinajstić information content (AvgIpc) is 3.35. The van der Waals surface area contributed by atoms with Crippen molar-refractivity contribution in [3.8, 4) is 28.4 Å². The van der Waals surface area contributed by atoms with Crippen LogP contribution in [0.15, 0.2) is 85.1 Å². The number of fused-ring (bicyclic) bond motifs is 1. The highest BCUT2D eigenvalue weighted by Crippen LogP contribution is 2.34. The molecule has 0 saturated carbocycles. The second-order valence-corrected chi connectivity index (χ2v) is 8.34. The zero-order valence-electron chi connectivity index (χ0n) is 19.8. The second kappa shape index (κ2) is 9.89. The van der Waals surface area contributed by atoms with Gasteiger partial charge in [0, 0.05) is 35.6 Å². The summed E-state index contributed by atoms with van der Waals surface area (Å²) in [6.45, 7) is 0.714. The Morgan fingerprint density at radius 2 is 1.71 bits per heavy atom. The van der Waals surface area contributed by atoms with Gasteiger partial charge in [-0.1, -0.05) is 36.4 Å². The third-order valence-corrected chi connectivity index (χ3v) is 6.20. The van der Waals surface area contributed by atoms with Crippen molar-refractivity contribution in [2.45, 2.75) is 12.8 Å². The summed E-state index contributed by atoms with van der Waals surface area (Å²) in [6, 6.07) is 23.7. The van der Waals surface area contributed by atoms with Crippen molar-refractivity contribution in [1.82, 2.24) is 9.78 Å². The highest BCUT2D eigenvalue weighted by Gasteiger charge is 2.21. The lowest BCUT2D eigenvalue weighted by molar-refractivity contribution is -0.114. The fourth-order valence-corrected chi connectivity index (χ4v) is 4.44. The van der Waals surface area contributed by atoms with Gasteiger partial charge in [-0.25, -0.2) is 4.68 Å². The molecule has 1 amide bonds. The number of carbonyl (C=O) groups is 1. The topological polar surface area (TPSA) is 56.6 Å². The third kappa shape index (κ3) is 4.55. The first-order chi connectivity index (χ1) is 17.2. The monoisotopic (exact) mass is 465 g/mol. The number of nitrogens with zero attached hydrogens (tertiary/aromatic N) is 3. The molecular formula is C29H27N3O3. The van der Waals surface area contributed by atoms with Gasteiger partial charge in [0.1, 0.15) is 5.69 Å². The fraction of sp³-hybridized carbons (Fsp3) is 0.172. The van der Waals surface area contributed by atoms with Crippen LogP contribution in [-0.4, -0.2) is 36.5 Å². The molecule has 1 aliphatic rings. The first kappa shape index (κ1) is 22.5. The highest BCUT2D eigenvalue weighted by atomic mass is 16.5. The minimum Gasteiger partial charge on any atom is -0.493 e. The summed E-state index contributed by atoms with van der Waals surface area (Å²) in [4.78, 5) is 15.1. The molecule has 3 aromatic carbocycles. The molecule has 0 aliphatic carbocycles. The zero-order chi connectivity index (χ0) is 24.2. The van der Waals surface area contributed by atoms with E-state index in [9.17, 15) is 4.79 Å². The van der Waals surface area contributed by atoms with E-state index in [1.165, 1.54) is 5.56 Å². The lowest BCUT2D eigenvalue weighted by Gasteiger charge is -2.28. The molecule has 0 atom stereocenters. The molecule has 0 saturated heterocycles. The number of hydrogen-bond donors (Lipinski definition) is 0. The summed E-state index contributed by atoms with van der Waals surface area (Å²) in [5, 5.41) is 4.85. The summed E-state index contributed by atoms with van der Waals surface area (Å²) in [6.07, 6.45) is 7.38. The van der Waals surface area contributed by atoms with Crippen molar-refractivity contribution in [2.24, 2.45) is 0 Å². The quantitative estimate of drug-likeness (QED) is 0.351. The van der Waals surface area contributed by atoms with E-state index in [-0.39, 0.29) is 5.91 Å². The van der Waals surface area contributed by atoms with Crippen molar-refractivity contribution < 1.29 is 14.3 Å². The number of aromatic nitrogens is 2.